The lowest BCUT2D eigenvalue weighted by Gasteiger charge is -2.19. The highest BCUT2D eigenvalue weighted by Gasteiger charge is 2.10. The SMILES string of the molecule is CCN(CC(=O)NCc1ccc(N(C)C)cc1)Cc1cccs1. The van der Waals surface area contributed by atoms with Crippen LogP contribution in [-0.2, 0) is 17.9 Å². The number of carbonyl (C=O) groups excluding carboxylic acids is 1. The smallest absolute Gasteiger partial charge is 0.234 e. The standard InChI is InChI=1S/C18H25N3OS/c1-4-21(13-17-6-5-11-23-17)14-18(22)19-12-15-7-9-16(10-8-15)20(2)3/h5-11H,4,12-14H2,1-3H3,(H,19,22). The zero-order valence-electron chi connectivity index (χ0n) is 14.1. The predicted octanol–water partition coefficient (Wildman–Crippen LogP) is 2.95. The molecular formula is C18H25N3OS. The number of amides is 1. The van der Waals surface area contributed by atoms with E-state index in [1.165, 1.54) is 4.88 Å². The van der Waals surface area contributed by atoms with Gasteiger partial charge in [-0.15, -0.1) is 11.3 Å². The highest BCUT2D eigenvalue weighted by Crippen LogP contribution is 2.13. The van der Waals surface area contributed by atoms with Crippen molar-refractivity contribution in [2.75, 3.05) is 32.1 Å². The zero-order valence-corrected chi connectivity index (χ0v) is 14.9. The number of anilines is 1. The summed E-state index contributed by atoms with van der Waals surface area (Å²) in [5.74, 6) is 0.0695. The molecule has 1 N–H and O–H groups in total. The summed E-state index contributed by atoms with van der Waals surface area (Å²) in [7, 11) is 4.04. The molecule has 0 aliphatic rings. The number of nitrogens with one attached hydrogen (secondary N) is 1. The Balaban J connectivity index is 1.79. The summed E-state index contributed by atoms with van der Waals surface area (Å²) in [5.41, 5.74) is 2.28. The summed E-state index contributed by atoms with van der Waals surface area (Å²) in [6.07, 6.45) is 0. The Morgan fingerprint density at radius 2 is 1.91 bits per heavy atom. The van der Waals surface area contributed by atoms with Gasteiger partial charge in [-0.05, 0) is 35.7 Å². The number of likely N-dealkylation sites (N-methyl/N-ethyl adjacent to an activating group) is 1. The molecule has 0 spiro atoms. The maximum absolute atomic E-state index is 12.1. The highest BCUT2D eigenvalue weighted by atomic mass is 32.1. The first-order chi connectivity index (χ1) is 11.1. The van der Waals surface area contributed by atoms with Gasteiger partial charge < -0.3 is 10.2 Å². The zero-order chi connectivity index (χ0) is 16.7. The molecule has 2 aromatic rings. The summed E-state index contributed by atoms with van der Waals surface area (Å²) in [4.78, 5) is 17.6. The van der Waals surface area contributed by atoms with Crippen molar-refractivity contribution < 1.29 is 4.79 Å². The molecule has 1 aromatic carbocycles. The van der Waals surface area contributed by atoms with E-state index in [4.69, 9.17) is 0 Å². The number of nitrogens with zero attached hydrogens (tertiary/aromatic N) is 2. The van der Waals surface area contributed by atoms with Crippen LogP contribution >= 0.6 is 11.3 Å². The van der Waals surface area contributed by atoms with Crippen molar-refractivity contribution >= 4 is 22.9 Å². The minimum atomic E-state index is 0.0695. The van der Waals surface area contributed by atoms with Crippen molar-refractivity contribution in [2.24, 2.45) is 0 Å². The average molecular weight is 331 g/mol. The number of hydrogen-bond acceptors (Lipinski definition) is 4. The molecule has 1 aromatic heterocycles. The fraction of sp³-hybridized carbons (Fsp3) is 0.389. The maximum Gasteiger partial charge on any atom is 0.234 e. The van der Waals surface area contributed by atoms with Gasteiger partial charge in [0.2, 0.25) is 5.91 Å². The molecule has 124 valence electrons. The van der Waals surface area contributed by atoms with Crippen LogP contribution in [0.4, 0.5) is 5.69 Å². The maximum atomic E-state index is 12.1. The van der Waals surface area contributed by atoms with Crippen LogP contribution < -0.4 is 10.2 Å². The lowest BCUT2D eigenvalue weighted by Crippen LogP contribution is -2.36. The second-order valence-corrected chi connectivity index (χ2v) is 6.75. The third-order valence-corrected chi connectivity index (χ3v) is 4.58. The van der Waals surface area contributed by atoms with E-state index >= 15 is 0 Å². The minimum Gasteiger partial charge on any atom is -0.378 e. The molecule has 4 nitrogen and oxygen atoms in total. The lowest BCUT2D eigenvalue weighted by atomic mass is 10.2. The molecule has 0 saturated carbocycles. The fourth-order valence-corrected chi connectivity index (χ4v) is 3.02. The van der Waals surface area contributed by atoms with E-state index in [1.807, 2.05) is 20.2 Å². The van der Waals surface area contributed by atoms with Crippen LogP contribution in [0, 0.1) is 0 Å². The molecule has 0 atom stereocenters. The average Bonchev–Trinajstić information content (AvgIpc) is 3.05. The van der Waals surface area contributed by atoms with Crippen molar-refractivity contribution in [3.8, 4) is 0 Å². The topological polar surface area (TPSA) is 35.6 Å². The van der Waals surface area contributed by atoms with Crippen LogP contribution in [0.1, 0.15) is 17.4 Å². The van der Waals surface area contributed by atoms with Crippen molar-refractivity contribution in [3.63, 3.8) is 0 Å². The molecule has 0 aliphatic heterocycles. The second-order valence-electron chi connectivity index (χ2n) is 5.72. The monoisotopic (exact) mass is 331 g/mol. The highest BCUT2D eigenvalue weighted by molar-refractivity contribution is 7.09. The first-order valence-corrected chi connectivity index (χ1v) is 8.74. The third-order valence-electron chi connectivity index (χ3n) is 3.72. The van der Waals surface area contributed by atoms with E-state index in [0.717, 1.165) is 24.3 Å². The first-order valence-electron chi connectivity index (χ1n) is 7.86. The van der Waals surface area contributed by atoms with Crippen LogP contribution in [0.2, 0.25) is 0 Å². The van der Waals surface area contributed by atoms with E-state index in [0.29, 0.717) is 13.1 Å². The van der Waals surface area contributed by atoms with Crippen LogP contribution in [-0.4, -0.2) is 38.0 Å². The summed E-state index contributed by atoms with van der Waals surface area (Å²) < 4.78 is 0. The summed E-state index contributed by atoms with van der Waals surface area (Å²) in [6, 6.07) is 12.4. The Morgan fingerprint density at radius 1 is 1.17 bits per heavy atom. The van der Waals surface area contributed by atoms with E-state index in [1.54, 1.807) is 11.3 Å². The van der Waals surface area contributed by atoms with Gasteiger partial charge in [0.25, 0.3) is 0 Å². The van der Waals surface area contributed by atoms with Gasteiger partial charge >= 0.3 is 0 Å². The van der Waals surface area contributed by atoms with Crippen LogP contribution in [0.3, 0.4) is 0 Å². The van der Waals surface area contributed by atoms with Gasteiger partial charge in [-0.2, -0.15) is 0 Å². The second kappa shape index (κ2) is 8.70. The van der Waals surface area contributed by atoms with Gasteiger partial charge in [-0.1, -0.05) is 25.1 Å². The van der Waals surface area contributed by atoms with Crippen molar-refractivity contribution in [2.45, 2.75) is 20.0 Å². The van der Waals surface area contributed by atoms with Crippen molar-refractivity contribution in [1.29, 1.82) is 0 Å². The third kappa shape index (κ3) is 5.69. The van der Waals surface area contributed by atoms with Crippen LogP contribution in [0.25, 0.3) is 0 Å². The molecule has 0 bridgehead atoms. The van der Waals surface area contributed by atoms with Gasteiger partial charge in [0.15, 0.2) is 0 Å². The quantitative estimate of drug-likeness (QED) is 0.808. The summed E-state index contributed by atoms with van der Waals surface area (Å²) in [5, 5.41) is 5.07. The lowest BCUT2D eigenvalue weighted by molar-refractivity contribution is -0.122. The predicted molar refractivity (Wildman–Crippen MR) is 97.9 cm³/mol. The number of thiophene rings is 1. The molecule has 0 aliphatic carbocycles. The van der Waals surface area contributed by atoms with E-state index in [2.05, 4.69) is 57.8 Å². The summed E-state index contributed by atoms with van der Waals surface area (Å²) in [6.45, 7) is 4.79. The largest absolute Gasteiger partial charge is 0.378 e. The van der Waals surface area contributed by atoms with Gasteiger partial charge in [0, 0.05) is 37.7 Å². The number of carbonyl (C=O) groups is 1. The molecule has 0 saturated heterocycles. The van der Waals surface area contributed by atoms with Crippen LogP contribution in [0.5, 0.6) is 0 Å². The van der Waals surface area contributed by atoms with Crippen molar-refractivity contribution in [1.82, 2.24) is 10.2 Å². The fourth-order valence-electron chi connectivity index (χ4n) is 2.27. The van der Waals surface area contributed by atoms with E-state index < -0.39 is 0 Å². The Hall–Kier alpha value is -1.85. The summed E-state index contributed by atoms with van der Waals surface area (Å²) >= 11 is 1.73. The minimum absolute atomic E-state index is 0.0695. The molecule has 0 fully saturated rings. The van der Waals surface area contributed by atoms with Gasteiger partial charge in [0.05, 0.1) is 6.54 Å². The Labute approximate surface area is 142 Å². The molecule has 0 radical (unpaired) electrons. The van der Waals surface area contributed by atoms with E-state index in [-0.39, 0.29) is 5.91 Å². The first kappa shape index (κ1) is 17.5. The Morgan fingerprint density at radius 3 is 2.48 bits per heavy atom. The van der Waals surface area contributed by atoms with Gasteiger partial charge in [0.1, 0.15) is 0 Å². The van der Waals surface area contributed by atoms with Crippen LogP contribution in [0.15, 0.2) is 41.8 Å². The van der Waals surface area contributed by atoms with E-state index in [9.17, 15) is 4.79 Å². The van der Waals surface area contributed by atoms with Gasteiger partial charge in [-0.25, -0.2) is 0 Å². The number of hydrogen-bond donors (Lipinski definition) is 1. The normalized spacial score (nSPS) is 10.8. The molecule has 1 heterocycles. The molecule has 0 unspecified atom stereocenters. The number of benzene rings is 1. The number of rotatable bonds is 8. The Kier molecular flexibility index (Phi) is 6.62. The molecule has 23 heavy (non-hydrogen) atoms. The Bertz CT molecular complexity index is 593. The molecular weight excluding hydrogens is 306 g/mol. The molecule has 2 rings (SSSR count). The van der Waals surface area contributed by atoms with Crippen molar-refractivity contribution in [3.05, 3.63) is 52.2 Å². The van der Waals surface area contributed by atoms with Gasteiger partial charge in [-0.3, -0.25) is 9.69 Å². The molecule has 5 heteroatoms. The molecule has 1 amide bonds.